The van der Waals surface area contributed by atoms with Crippen molar-refractivity contribution in [3.8, 4) is 0 Å². The van der Waals surface area contributed by atoms with Crippen LogP contribution in [0.3, 0.4) is 0 Å². The summed E-state index contributed by atoms with van der Waals surface area (Å²) in [5.41, 5.74) is 0.987. The maximum atomic E-state index is 12.5. The zero-order chi connectivity index (χ0) is 20.2. The van der Waals surface area contributed by atoms with Crippen LogP contribution < -0.4 is 5.32 Å². The van der Waals surface area contributed by atoms with Crippen LogP contribution in [0.2, 0.25) is 0 Å². The minimum atomic E-state index is -0.309. The molecule has 0 aromatic carbocycles. The van der Waals surface area contributed by atoms with Gasteiger partial charge in [0.2, 0.25) is 17.7 Å². The van der Waals surface area contributed by atoms with Gasteiger partial charge in [-0.15, -0.1) is 0 Å². The number of carbonyl (C=O) groups is 3. The fourth-order valence-corrected chi connectivity index (χ4v) is 4.72. The van der Waals surface area contributed by atoms with Gasteiger partial charge in [0.25, 0.3) is 0 Å². The predicted octanol–water partition coefficient (Wildman–Crippen LogP) is 1.73. The van der Waals surface area contributed by atoms with E-state index in [1.54, 1.807) is 17.3 Å². The lowest BCUT2D eigenvalue weighted by atomic mass is 9.86. The summed E-state index contributed by atoms with van der Waals surface area (Å²) in [6.07, 6.45) is 10.4. The highest BCUT2D eigenvalue weighted by atomic mass is 16.2. The number of rotatable bonds is 6. The molecule has 1 atom stereocenters. The number of carbonyl (C=O) groups excluding carboxylic acids is 3. The van der Waals surface area contributed by atoms with Gasteiger partial charge in [0.05, 0.1) is 12.0 Å². The third-order valence-electron chi connectivity index (χ3n) is 6.59. The van der Waals surface area contributed by atoms with Gasteiger partial charge in [-0.2, -0.15) is 0 Å². The van der Waals surface area contributed by atoms with Gasteiger partial charge in [-0.1, -0.05) is 19.3 Å². The van der Waals surface area contributed by atoms with Crippen LogP contribution in [0.25, 0.3) is 0 Å². The number of pyridine rings is 1. The predicted molar refractivity (Wildman–Crippen MR) is 107 cm³/mol. The Morgan fingerprint density at radius 2 is 1.79 bits per heavy atom. The van der Waals surface area contributed by atoms with Crippen LogP contribution >= 0.6 is 0 Å². The highest BCUT2D eigenvalue weighted by Gasteiger charge is 2.43. The first-order valence-corrected chi connectivity index (χ1v) is 10.8. The highest BCUT2D eigenvalue weighted by Crippen LogP contribution is 2.29. The standard InChI is InChI=1S/C22H30N4O3/c27-20(10-16-4-2-1-3-5-16)25-14-19(15-25)26-13-18(11-21(26)28)22(29)24-12-17-6-8-23-9-7-17/h6-9,16,18-19H,1-5,10-15H2,(H,24,29). The van der Waals surface area contributed by atoms with Gasteiger partial charge >= 0.3 is 0 Å². The van der Waals surface area contributed by atoms with Crippen LogP contribution in [0.5, 0.6) is 0 Å². The van der Waals surface area contributed by atoms with Crippen LogP contribution in [0.15, 0.2) is 24.5 Å². The first-order chi connectivity index (χ1) is 14.1. The molecule has 7 nitrogen and oxygen atoms in total. The van der Waals surface area contributed by atoms with Gasteiger partial charge in [0.1, 0.15) is 0 Å². The van der Waals surface area contributed by atoms with E-state index in [1.807, 2.05) is 17.0 Å². The second-order valence-corrected chi connectivity index (χ2v) is 8.68. The van der Waals surface area contributed by atoms with Gasteiger partial charge in [-0.25, -0.2) is 0 Å². The number of nitrogens with one attached hydrogen (secondary N) is 1. The number of aromatic nitrogens is 1. The van der Waals surface area contributed by atoms with Gasteiger partial charge in [-0.3, -0.25) is 19.4 Å². The summed E-state index contributed by atoms with van der Waals surface area (Å²) in [5.74, 6) is 0.403. The third-order valence-corrected chi connectivity index (χ3v) is 6.59. The van der Waals surface area contributed by atoms with Crippen molar-refractivity contribution in [2.45, 2.75) is 57.5 Å². The summed E-state index contributed by atoms with van der Waals surface area (Å²) in [5, 5.41) is 2.92. The van der Waals surface area contributed by atoms with Crippen LogP contribution in [-0.2, 0) is 20.9 Å². The molecule has 1 aliphatic carbocycles. The van der Waals surface area contributed by atoms with Crippen molar-refractivity contribution in [1.29, 1.82) is 0 Å². The third kappa shape index (κ3) is 4.77. The molecular weight excluding hydrogens is 368 g/mol. The summed E-state index contributed by atoms with van der Waals surface area (Å²) in [4.78, 5) is 45.0. The number of likely N-dealkylation sites (tertiary alicyclic amines) is 2. The van der Waals surface area contributed by atoms with E-state index in [0.29, 0.717) is 38.5 Å². The lowest BCUT2D eigenvalue weighted by molar-refractivity contribution is -0.145. The molecule has 0 bridgehead atoms. The molecule has 3 aliphatic rings. The van der Waals surface area contributed by atoms with Crippen molar-refractivity contribution in [3.63, 3.8) is 0 Å². The van der Waals surface area contributed by atoms with Crippen molar-refractivity contribution < 1.29 is 14.4 Å². The molecule has 29 heavy (non-hydrogen) atoms. The Balaban J connectivity index is 1.21. The Hall–Kier alpha value is -2.44. The Kier molecular flexibility index (Phi) is 6.11. The second kappa shape index (κ2) is 8.93. The molecule has 1 saturated carbocycles. The Morgan fingerprint density at radius 1 is 1.07 bits per heavy atom. The smallest absolute Gasteiger partial charge is 0.225 e. The van der Waals surface area contributed by atoms with Crippen LogP contribution in [0, 0.1) is 11.8 Å². The summed E-state index contributed by atoms with van der Waals surface area (Å²) >= 11 is 0. The lowest BCUT2D eigenvalue weighted by Crippen LogP contribution is -2.61. The van der Waals surface area contributed by atoms with E-state index in [-0.39, 0.29) is 36.1 Å². The topological polar surface area (TPSA) is 82.6 Å². The monoisotopic (exact) mass is 398 g/mol. The lowest BCUT2D eigenvalue weighted by Gasteiger charge is -2.44. The van der Waals surface area contributed by atoms with E-state index in [4.69, 9.17) is 0 Å². The Morgan fingerprint density at radius 3 is 2.52 bits per heavy atom. The number of hydrogen-bond donors (Lipinski definition) is 1. The molecule has 3 fully saturated rings. The number of hydrogen-bond acceptors (Lipinski definition) is 4. The van der Waals surface area contributed by atoms with Gasteiger partial charge in [0.15, 0.2) is 0 Å². The quantitative estimate of drug-likeness (QED) is 0.791. The van der Waals surface area contributed by atoms with Crippen molar-refractivity contribution in [3.05, 3.63) is 30.1 Å². The molecular formula is C22H30N4O3. The SMILES string of the molecule is O=C(NCc1ccncc1)C1CC(=O)N(C2CN(C(=O)CC3CCCCC3)C2)C1. The maximum Gasteiger partial charge on any atom is 0.225 e. The molecule has 156 valence electrons. The molecule has 0 spiro atoms. The van der Waals surface area contributed by atoms with Crippen LogP contribution in [0.4, 0.5) is 0 Å². The molecule has 2 saturated heterocycles. The van der Waals surface area contributed by atoms with Crippen LogP contribution in [0.1, 0.15) is 50.5 Å². The fraction of sp³-hybridized carbons (Fsp3) is 0.636. The molecule has 0 radical (unpaired) electrons. The van der Waals surface area contributed by atoms with E-state index >= 15 is 0 Å². The normalized spacial score (nSPS) is 23.2. The van der Waals surface area contributed by atoms with Crippen molar-refractivity contribution in [2.75, 3.05) is 19.6 Å². The first-order valence-electron chi connectivity index (χ1n) is 10.8. The van der Waals surface area contributed by atoms with E-state index in [1.165, 1.54) is 32.1 Å². The van der Waals surface area contributed by atoms with E-state index in [0.717, 1.165) is 5.56 Å². The second-order valence-electron chi connectivity index (χ2n) is 8.68. The summed E-state index contributed by atoms with van der Waals surface area (Å²) in [6.45, 7) is 2.13. The minimum absolute atomic E-state index is 0.0263. The average molecular weight is 399 g/mol. The van der Waals surface area contributed by atoms with Crippen LogP contribution in [-0.4, -0.2) is 58.2 Å². The van der Waals surface area contributed by atoms with E-state index in [2.05, 4.69) is 10.3 Å². The van der Waals surface area contributed by atoms with Crippen molar-refractivity contribution in [1.82, 2.24) is 20.1 Å². The Labute approximate surface area is 171 Å². The molecule has 1 unspecified atom stereocenters. The molecule has 3 heterocycles. The molecule has 2 aliphatic heterocycles. The number of amides is 3. The van der Waals surface area contributed by atoms with Gasteiger partial charge in [-0.05, 0) is 36.5 Å². The summed E-state index contributed by atoms with van der Waals surface area (Å²) in [7, 11) is 0. The number of nitrogens with zero attached hydrogens (tertiary/aromatic N) is 3. The average Bonchev–Trinajstić information content (AvgIpc) is 3.08. The molecule has 1 aromatic rings. The van der Waals surface area contributed by atoms with Gasteiger partial charge in [0, 0.05) is 51.4 Å². The van der Waals surface area contributed by atoms with Crippen molar-refractivity contribution >= 4 is 17.7 Å². The fourth-order valence-electron chi connectivity index (χ4n) is 4.72. The van der Waals surface area contributed by atoms with E-state index < -0.39 is 0 Å². The van der Waals surface area contributed by atoms with E-state index in [9.17, 15) is 14.4 Å². The first kappa shape index (κ1) is 19.9. The summed E-state index contributed by atoms with van der Waals surface area (Å²) < 4.78 is 0. The van der Waals surface area contributed by atoms with Crippen molar-refractivity contribution in [2.24, 2.45) is 11.8 Å². The summed E-state index contributed by atoms with van der Waals surface area (Å²) in [6, 6.07) is 3.79. The zero-order valence-corrected chi connectivity index (χ0v) is 16.9. The zero-order valence-electron chi connectivity index (χ0n) is 16.9. The maximum absolute atomic E-state index is 12.5. The highest BCUT2D eigenvalue weighted by molar-refractivity contribution is 5.89. The van der Waals surface area contributed by atoms with Gasteiger partial charge < -0.3 is 15.1 Å². The molecule has 4 rings (SSSR count). The Bertz CT molecular complexity index is 742. The molecule has 1 aromatic heterocycles. The largest absolute Gasteiger partial charge is 0.352 e. The molecule has 7 heteroatoms. The minimum Gasteiger partial charge on any atom is -0.352 e. The molecule has 1 N–H and O–H groups in total. The molecule has 3 amide bonds.